The van der Waals surface area contributed by atoms with Crippen molar-refractivity contribution in [2.45, 2.75) is 0 Å². The van der Waals surface area contributed by atoms with E-state index >= 15 is 0 Å². The standard InChI is InChI=1S/3C39H24N4S/c1-3-13-25(14-4-1)37-40-38(42-39(41-37)32-22-12-20-30-28-18-8-10-24-34(28)44-36(30)32)31-21-11-19-29-27-17-7-9-23-33(27)43(35(29)31)26-15-5-2-6-16-26;1-3-12-25(13-4-1)37-40-38(42-39(41-37)32-19-11-18-31-30-17-8-10-21-35(30)44-36(31)32)26-22-23-29-28-16-7-9-20-33(28)43(34(29)24-26)27-14-5-2-6-15-27;1-3-12-25(13-4-1)37-40-38(42-39(41-37)31-19-11-18-30-29-17-8-10-21-35(29)44-36(30)31)26-22-23-34-32(24-26)28-16-7-9-20-33(28)43(34)27-14-5-2-6-15-27/h3*1-24H. The van der Waals surface area contributed by atoms with Crippen molar-refractivity contribution >= 4 is 160 Å². The second kappa shape index (κ2) is 32.7. The Morgan fingerprint density at radius 2 is 0.417 bits per heavy atom. The summed E-state index contributed by atoms with van der Waals surface area (Å²) in [6, 6.07) is 152. The zero-order valence-electron chi connectivity index (χ0n) is 70.7. The van der Waals surface area contributed by atoms with Crippen LogP contribution in [0.15, 0.2) is 437 Å². The van der Waals surface area contributed by atoms with E-state index in [1.54, 1.807) is 34.0 Å². The van der Waals surface area contributed by atoms with Gasteiger partial charge in [0.15, 0.2) is 52.4 Å². The minimum absolute atomic E-state index is 0.651. The van der Waals surface area contributed by atoms with E-state index in [4.69, 9.17) is 44.9 Å². The molecule has 18 aromatic carbocycles. The highest BCUT2D eigenvalue weighted by molar-refractivity contribution is 7.27. The monoisotopic (exact) mass is 1740 g/mol. The van der Waals surface area contributed by atoms with Crippen LogP contribution in [-0.2, 0) is 0 Å². The maximum atomic E-state index is 5.25. The molecule has 0 radical (unpaired) electrons. The molecule has 618 valence electrons. The van der Waals surface area contributed by atoms with Crippen LogP contribution in [-0.4, -0.2) is 58.6 Å². The van der Waals surface area contributed by atoms with E-state index in [-0.39, 0.29) is 0 Å². The Morgan fingerprint density at radius 3 is 0.841 bits per heavy atom. The zero-order valence-corrected chi connectivity index (χ0v) is 73.1. The van der Waals surface area contributed by atoms with Gasteiger partial charge in [0, 0.05) is 160 Å². The van der Waals surface area contributed by atoms with Gasteiger partial charge in [-0.3, -0.25) is 0 Å². The van der Waals surface area contributed by atoms with Gasteiger partial charge in [-0.05, 0) is 121 Å². The third-order valence-corrected chi connectivity index (χ3v) is 28.4. The summed E-state index contributed by atoms with van der Waals surface area (Å²) in [6.45, 7) is 0. The van der Waals surface area contributed by atoms with Crippen molar-refractivity contribution in [2.75, 3.05) is 0 Å². The lowest BCUT2D eigenvalue weighted by Crippen LogP contribution is -2.02. The summed E-state index contributed by atoms with van der Waals surface area (Å²) in [5.74, 6) is 5.96. The summed E-state index contributed by atoms with van der Waals surface area (Å²) in [4.78, 5) is 46.0. The van der Waals surface area contributed by atoms with E-state index in [0.717, 1.165) is 100.0 Å². The molecule has 0 bridgehead atoms. The summed E-state index contributed by atoms with van der Waals surface area (Å²) in [5.41, 5.74) is 19.0. The zero-order chi connectivity index (χ0) is 87.1. The van der Waals surface area contributed by atoms with Gasteiger partial charge < -0.3 is 13.7 Å². The average Bonchev–Trinajstić information content (AvgIpc) is 1.58. The maximum absolute atomic E-state index is 5.25. The van der Waals surface area contributed by atoms with Crippen LogP contribution in [0.1, 0.15) is 0 Å². The minimum atomic E-state index is 0.651. The van der Waals surface area contributed by atoms with Crippen LogP contribution in [0, 0.1) is 0 Å². The number of fused-ring (bicyclic) bond motifs is 18. The van der Waals surface area contributed by atoms with Gasteiger partial charge in [0.25, 0.3) is 0 Å². The molecule has 0 unspecified atom stereocenters. The Kier molecular flexibility index (Phi) is 19.2. The molecule has 0 saturated heterocycles. The van der Waals surface area contributed by atoms with Gasteiger partial charge in [-0.15, -0.1) is 34.0 Å². The smallest absolute Gasteiger partial charge is 0.166 e. The SMILES string of the molecule is c1ccc(-c2nc(-c3ccc4c(c3)c3ccccc3n4-c3ccccc3)nc(-c3cccc4c3sc3ccccc34)n2)cc1.c1ccc(-c2nc(-c3ccc4c5ccccc5n(-c5ccccc5)c4c3)nc(-c3cccc4c3sc3ccccc34)n2)cc1.c1ccc(-c2nc(-c3cccc4c3sc3ccccc34)nc(-c3cccc4c5ccccc5n(-c5ccccc5)c34)n2)cc1. The summed E-state index contributed by atoms with van der Waals surface area (Å²) in [6.07, 6.45) is 0. The molecule has 15 heteroatoms. The molecule has 0 aliphatic carbocycles. The van der Waals surface area contributed by atoms with Gasteiger partial charge in [0.05, 0.1) is 33.1 Å². The molecular formula is C117H72N12S3. The van der Waals surface area contributed by atoms with E-state index in [9.17, 15) is 0 Å². The number of nitrogens with zero attached hydrogens (tertiary/aromatic N) is 12. The Balaban J connectivity index is 0.000000106. The molecule has 0 spiro atoms. The predicted octanol–water partition coefficient (Wildman–Crippen LogP) is 31.0. The molecular weight excluding hydrogens is 1670 g/mol. The largest absolute Gasteiger partial charge is 0.309 e. The Hall–Kier alpha value is -17.0. The van der Waals surface area contributed by atoms with E-state index in [2.05, 4.69) is 396 Å². The topological polar surface area (TPSA) is 131 Å². The molecule has 27 aromatic rings. The lowest BCUT2D eigenvalue weighted by molar-refractivity contribution is 1.07. The molecule has 0 amide bonds. The quantitative estimate of drug-likeness (QED) is 0.117. The Bertz CT molecular complexity index is 9150. The fourth-order valence-corrected chi connectivity index (χ4v) is 22.4. The minimum Gasteiger partial charge on any atom is -0.309 e. The second-order valence-corrected chi connectivity index (χ2v) is 35.7. The molecule has 12 nitrogen and oxygen atoms in total. The van der Waals surface area contributed by atoms with E-state index < -0.39 is 0 Å². The van der Waals surface area contributed by atoms with Gasteiger partial charge in [0.1, 0.15) is 0 Å². The molecule has 0 fully saturated rings. The van der Waals surface area contributed by atoms with E-state index in [1.165, 1.54) is 93.1 Å². The number of hydrogen-bond acceptors (Lipinski definition) is 12. The summed E-state index contributed by atoms with van der Waals surface area (Å²) in [5, 5.41) is 14.6. The highest BCUT2D eigenvalue weighted by Gasteiger charge is 2.26. The van der Waals surface area contributed by atoms with Crippen LogP contribution in [0.5, 0.6) is 0 Å². The first-order valence-electron chi connectivity index (χ1n) is 43.9. The molecule has 9 aromatic heterocycles. The molecule has 0 atom stereocenters. The number of aromatic nitrogens is 12. The second-order valence-electron chi connectivity index (χ2n) is 32.6. The van der Waals surface area contributed by atoms with Crippen LogP contribution in [0.25, 0.3) is 245 Å². The number of hydrogen-bond donors (Lipinski definition) is 0. The summed E-state index contributed by atoms with van der Waals surface area (Å²) >= 11 is 5.36. The predicted molar refractivity (Wildman–Crippen MR) is 550 cm³/mol. The molecule has 0 aliphatic heterocycles. The Morgan fingerprint density at radius 1 is 0.152 bits per heavy atom. The average molecular weight is 1740 g/mol. The third-order valence-electron chi connectivity index (χ3n) is 24.8. The van der Waals surface area contributed by atoms with Crippen LogP contribution in [0.3, 0.4) is 0 Å². The van der Waals surface area contributed by atoms with Gasteiger partial charge in [-0.25, -0.2) is 44.9 Å². The maximum Gasteiger partial charge on any atom is 0.166 e. The first-order valence-corrected chi connectivity index (χ1v) is 46.3. The molecule has 132 heavy (non-hydrogen) atoms. The highest BCUT2D eigenvalue weighted by Crippen LogP contribution is 2.47. The first kappa shape index (κ1) is 77.4. The van der Waals surface area contributed by atoms with Crippen LogP contribution < -0.4 is 0 Å². The fourth-order valence-electron chi connectivity index (χ4n) is 18.8. The van der Waals surface area contributed by atoms with Crippen LogP contribution in [0.2, 0.25) is 0 Å². The van der Waals surface area contributed by atoms with Gasteiger partial charge in [0.2, 0.25) is 0 Å². The van der Waals surface area contributed by atoms with Crippen molar-refractivity contribution in [2.24, 2.45) is 0 Å². The Labute approximate surface area is 769 Å². The lowest BCUT2D eigenvalue weighted by atomic mass is 10.1. The van der Waals surface area contributed by atoms with Crippen molar-refractivity contribution in [1.82, 2.24) is 58.6 Å². The lowest BCUT2D eigenvalue weighted by Gasteiger charge is -2.13. The molecule has 9 heterocycles. The van der Waals surface area contributed by atoms with Crippen molar-refractivity contribution in [3.05, 3.63) is 437 Å². The van der Waals surface area contributed by atoms with E-state index in [1.807, 2.05) is 54.6 Å². The van der Waals surface area contributed by atoms with Gasteiger partial charge in [-0.1, -0.05) is 315 Å². The number of rotatable bonds is 12. The first-order chi connectivity index (χ1) is 65.5. The number of thiophene rings is 3. The van der Waals surface area contributed by atoms with Gasteiger partial charge in [-0.2, -0.15) is 0 Å². The van der Waals surface area contributed by atoms with Gasteiger partial charge >= 0.3 is 0 Å². The van der Waals surface area contributed by atoms with E-state index in [0.29, 0.717) is 52.4 Å². The van der Waals surface area contributed by atoms with Crippen LogP contribution in [0.4, 0.5) is 0 Å². The summed E-state index contributed by atoms with van der Waals surface area (Å²) < 4.78 is 14.3. The molecule has 27 rings (SSSR count). The molecule has 0 N–H and O–H groups in total. The van der Waals surface area contributed by atoms with Crippen molar-refractivity contribution < 1.29 is 0 Å². The van der Waals surface area contributed by atoms with Crippen molar-refractivity contribution in [3.8, 4) is 120 Å². The summed E-state index contributed by atoms with van der Waals surface area (Å²) in [7, 11) is 0. The van der Waals surface area contributed by atoms with Crippen molar-refractivity contribution in [3.63, 3.8) is 0 Å². The van der Waals surface area contributed by atoms with Crippen LogP contribution >= 0.6 is 34.0 Å². The third kappa shape index (κ3) is 13.6. The number of para-hydroxylation sites is 7. The van der Waals surface area contributed by atoms with Crippen molar-refractivity contribution in [1.29, 1.82) is 0 Å². The highest BCUT2D eigenvalue weighted by atomic mass is 32.1. The molecule has 0 saturated carbocycles. The fraction of sp³-hybridized carbons (Fsp3) is 0. The number of benzene rings is 18. The normalized spacial score (nSPS) is 11.6. The molecule has 0 aliphatic rings.